The molecule has 1 heterocycles. The van der Waals surface area contributed by atoms with E-state index in [9.17, 15) is 9.59 Å². The monoisotopic (exact) mass is 338 g/mol. The van der Waals surface area contributed by atoms with Gasteiger partial charge in [0.15, 0.2) is 0 Å². The van der Waals surface area contributed by atoms with Crippen molar-refractivity contribution in [1.29, 1.82) is 0 Å². The largest absolute Gasteiger partial charge is 0.478 e. The summed E-state index contributed by atoms with van der Waals surface area (Å²) in [5.41, 5.74) is -0.700. The summed E-state index contributed by atoms with van der Waals surface area (Å²) in [7, 11) is 0. The van der Waals surface area contributed by atoms with E-state index in [-0.39, 0.29) is 11.1 Å². The number of carbonyl (C=O) groups is 2. The molecule has 1 aromatic heterocycles. The molecule has 0 aliphatic heterocycles. The smallest absolute Gasteiger partial charge is 0.407 e. The van der Waals surface area contributed by atoms with Gasteiger partial charge in [0, 0.05) is 12.1 Å². The van der Waals surface area contributed by atoms with Gasteiger partial charge in [0.25, 0.3) is 0 Å². The van der Waals surface area contributed by atoms with Crippen LogP contribution < -0.4 is 10.6 Å². The number of carbonyl (C=O) groups excluding carboxylic acids is 1. The minimum Gasteiger partial charge on any atom is -0.478 e. The third kappa shape index (κ3) is 5.26. The Hall–Kier alpha value is -2.02. The summed E-state index contributed by atoms with van der Waals surface area (Å²) in [6.45, 7) is 8.34. The van der Waals surface area contributed by atoms with Gasteiger partial charge >= 0.3 is 12.1 Å². The Morgan fingerprint density at radius 3 is 2.50 bits per heavy atom. The highest BCUT2D eigenvalue weighted by Gasteiger charge is 2.41. The van der Waals surface area contributed by atoms with E-state index in [1.165, 1.54) is 12.3 Å². The molecule has 0 radical (unpaired) electrons. The van der Waals surface area contributed by atoms with Gasteiger partial charge in [0.1, 0.15) is 17.6 Å². The van der Waals surface area contributed by atoms with E-state index >= 15 is 0 Å². The maximum Gasteiger partial charge on any atom is 0.407 e. The zero-order chi connectivity index (χ0) is 18.0. The van der Waals surface area contributed by atoms with Crippen molar-refractivity contribution < 1.29 is 23.8 Å². The summed E-state index contributed by atoms with van der Waals surface area (Å²) >= 11 is 0. The fourth-order valence-corrected chi connectivity index (χ4v) is 2.52. The van der Waals surface area contributed by atoms with Crippen LogP contribution in [-0.2, 0) is 11.3 Å². The summed E-state index contributed by atoms with van der Waals surface area (Å²) in [4.78, 5) is 22.7. The summed E-state index contributed by atoms with van der Waals surface area (Å²) in [6, 6.07) is 1.50. The van der Waals surface area contributed by atoms with Crippen molar-refractivity contribution in [2.45, 2.75) is 58.2 Å². The Morgan fingerprint density at radius 1 is 1.33 bits per heavy atom. The minimum absolute atomic E-state index is 0.131. The van der Waals surface area contributed by atoms with Crippen LogP contribution in [0.5, 0.6) is 0 Å². The molecule has 1 aliphatic carbocycles. The third-order valence-corrected chi connectivity index (χ3v) is 4.04. The first-order chi connectivity index (χ1) is 11.1. The van der Waals surface area contributed by atoms with Crippen LogP contribution in [0, 0.1) is 5.92 Å². The fraction of sp³-hybridized carbons (Fsp3) is 0.647. The van der Waals surface area contributed by atoms with Crippen LogP contribution in [0.3, 0.4) is 0 Å². The molecule has 1 unspecified atom stereocenters. The van der Waals surface area contributed by atoms with Gasteiger partial charge in [-0.25, -0.2) is 9.59 Å². The van der Waals surface area contributed by atoms with Gasteiger partial charge in [-0.15, -0.1) is 0 Å². The normalized spacial score (nSPS) is 17.2. The van der Waals surface area contributed by atoms with Crippen molar-refractivity contribution in [2.75, 3.05) is 6.54 Å². The molecule has 1 amide bonds. The van der Waals surface area contributed by atoms with Crippen LogP contribution in [-0.4, -0.2) is 34.9 Å². The third-order valence-electron chi connectivity index (χ3n) is 4.04. The van der Waals surface area contributed by atoms with E-state index in [0.29, 0.717) is 24.8 Å². The minimum atomic E-state index is -1.01. The molecule has 1 aromatic rings. The standard InChI is InChI=1S/C17H26N2O5/c1-16(2,3)24-15(22)18-10-17(4,12-5-6-12)19-8-13-7-11(9-23-13)14(20)21/h7,9,12,19H,5-6,8,10H2,1-4H3,(H,18,22)(H,20,21). The number of amides is 1. The number of hydrogen-bond donors (Lipinski definition) is 3. The molecule has 24 heavy (non-hydrogen) atoms. The van der Waals surface area contributed by atoms with E-state index in [1.54, 1.807) is 0 Å². The van der Waals surface area contributed by atoms with Crippen molar-refractivity contribution in [3.8, 4) is 0 Å². The Bertz CT molecular complexity index is 600. The zero-order valence-electron chi connectivity index (χ0n) is 14.6. The number of hydrogen-bond acceptors (Lipinski definition) is 5. The van der Waals surface area contributed by atoms with Crippen molar-refractivity contribution in [2.24, 2.45) is 5.92 Å². The van der Waals surface area contributed by atoms with Crippen molar-refractivity contribution in [3.63, 3.8) is 0 Å². The summed E-state index contributed by atoms with van der Waals surface area (Å²) in [6.07, 6.45) is 2.98. The van der Waals surface area contributed by atoms with Gasteiger partial charge in [-0.1, -0.05) is 0 Å². The number of aromatic carboxylic acids is 1. The van der Waals surface area contributed by atoms with Crippen molar-refractivity contribution in [3.05, 3.63) is 23.7 Å². The lowest BCUT2D eigenvalue weighted by Crippen LogP contribution is -2.53. The number of furan rings is 1. The second-order valence-electron chi connectivity index (χ2n) is 7.51. The predicted molar refractivity (Wildman–Crippen MR) is 87.9 cm³/mol. The van der Waals surface area contributed by atoms with E-state index in [4.69, 9.17) is 14.3 Å². The summed E-state index contributed by atoms with van der Waals surface area (Å²) < 4.78 is 10.5. The Balaban J connectivity index is 1.90. The molecule has 1 atom stereocenters. The van der Waals surface area contributed by atoms with E-state index < -0.39 is 17.7 Å². The quantitative estimate of drug-likeness (QED) is 0.707. The average Bonchev–Trinajstić information content (AvgIpc) is 3.20. The van der Waals surface area contributed by atoms with E-state index in [2.05, 4.69) is 10.6 Å². The number of alkyl carbamates (subject to hydrolysis) is 1. The van der Waals surface area contributed by atoms with Gasteiger partial charge in [0.05, 0.1) is 12.1 Å². The Morgan fingerprint density at radius 2 is 2.00 bits per heavy atom. The molecule has 1 fully saturated rings. The number of nitrogens with one attached hydrogen (secondary N) is 2. The first-order valence-corrected chi connectivity index (χ1v) is 8.12. The van der Waals surface area contributed by atoms with E-state index in [1.807, 2.05) is 27.7 Å². The molecule has 1 aliphatic rings. The molecular formula is C17H26N2O5. The molecular weight excluding hydrogens is 312 g/mol. The van der Waals surface area contributed by atoms with Crippen LogP contribution in [0.2, 0.25) is 0 Å². The van der Waals surface area contributed by atoms with Crippen LogP contribution in [0.1, 0.15) is 56.7 Å². The highest BCUT2D eigenvalue weighted by atomic mass is 16.6. The maximum absolute atomic E-state index is 11.9. The molecule has 0 aromatic carbocycles. The van der Waals surface area contributed by atoms with Crippen molar-refractivity contribution in [1.82, 2.24) is 10.6 Å². The molecule has 7 heteroatoms. The molecule has 1 saturated carbocycles. The SMILES string of the molecule is CC(C)(C)OC(=O)NCC(C)(NCc1cc(C(=O)O)co1)C1CC1. The highest BCUT2D eigenvalue weighted by molar-refractivity contribution is 5.87. The van der Waals surface area contributed by atoms with Crippen LogP contribution >= 0.6 is 0 Å². The molecule has 0 bridgehead atoms. The second kappa shape index (κ2) is 6.84. The van der Waals surface area contributed by atoms with Gasteiger partial charge in [-0.05, 0) is 52.5 Å². The van der Waals surface area contributed by atoms with Gasteiger partial charge in [-0.3, -0.25) is 0 Å². The molecule has 7 nitrogen and oxygen atoms in total. The summed E-state index contributed by atoms with van der Waals surface area (Å²) in [5, 5.41) is 15.1. The average molecular weight is 338 g/mol. The zero-order valence-corrected chi connectivity index (χ0v) is 14.6. The lowest BCUT2D eigenvalue weighted by Gasteiger charge is -2.31. The van der Waals surface area contributed by atoms with Gasteiger partial charge < -0.3 is 24.9 Å². The fourth-order valence-electron chi connectivity index (χ4n) is 2.52. The van der Waals surface area contributed by atoms with Gasteiger partial charge in [-0.2, -0.15) is 0 Å². The molecule has 0 spiro atoms. The first-order valence-electron chi connectivity index (χ1n) is 8.12. The Kier molecular flexibility index (Phi) is 5.22. The van der Waals surface area contributed by atoms with Crippen LogP contribution in [0.25, 0.3) is 0 Å². The van der Waals surface area contributed by atoms with Gasteiger partial charge in [0.2, 0.25) is 0 Å². The highest BCUT2D eigenvalue weighted by Crippen LogP contribution is 2.39. The lowest BCUT2D eigenvalue weighted by molar-refractivity contribution is 0.0506. The number of carboxylic acids is 1. The summed E-state index contributed by atoms with van der Waals surface area (Å²) in [5.74, 6) is -0.000525. The molecule has 134 valence electrons. The molecule has 0 saturated heterocycles. The Labute approximate surface area is 141 Å². The van der Waals surface area contributed by atoms with Crippen LogP contribution in [0.15, 0.2) is 16.7 Å². The topological polar surface area (TPSA) is 101 Å². The van der Waals surface area contributed by atoms with Crippen LogP contribution in [0.4, 0.5) is 4.79 Å². The number of ether oxygens (including phenoxy) is 1. The number of carboxylic acid groups (broad SMARTS) is 1. The molecule has 3 N–H and O–H groups in total. The van der Waals surface area contributed by atoms with E-state index in [0.717, 1.165) is 12.8 Å². The predicted octanol–water partition coefficient (Wildman–Crippen LogP) is 2.76. The second-order valence-corrected chi connectivity index (χ2v) is 7.51. The maximum atomic E-state index is 11.9. The van der Waals surface area contributed by atoms with Crippen molar-refractivity contribution >= 4 is 12.1 Å². The molecule has 2 rings (SSSR count). The lowest BCUT2D eigenvalue weighted by atomic mass is 9.95. The first kappa shape index (κ1) is 18.3. The number of rotatable bonds is 7.